The van der Waals surface area contributed by atoms with Crippen molar-refractivity contribution in [2.75, 3.05) is 5.73 Å². The van der Waals surface area contributed by atoms with E-state index < -0.39 is 0 Å². The molecule has 0 fully saturated rings. The topological polar surface area (TPSA) is 64.7 Å². The van der Waals surface area contributed by atoms with Crippen LogP contribution in [0, 0.1) is 6.92 Å². The van der Waals surface area contributed by atoms with Crippen molar-refractivity contribution in [3.63, 3.8) is 0 Å². The van der Waals surface area contributed by atoms with Crippen LogP contribution in [0.3, 0.4) is 0 Å². The lowest BCUT2D eigenvalue weighted by molar-refractivity contribution is 0.818. The number of nitrogen functional groups attached to an aromatic ring is 1. The van der Waals surface area contributed by atoms with E-state index in [4.69, 9.17) is 5.73 Å². The molecule has 0 atom stereocenters. The number of nitrogens with two attached hydrogens (primary N) is 1. The van der Waals surface area contributed by atoms with Gasteiger partial charge in [0.05, 0.1) is 5.52 Å². The van der Waals surface area contributed by atoms with Gasteiger partial charge in [0, 0.05) is 28.4 Å². The normalized spacial score (nSPS) is 11.2. The van der Waals surface area contributed by atoms with Crippen LogP contribution >= 0.6 is 0 Å². The predicted molar refractivity (Wildman–Crippen MR) is 86.0 cm³/mol. The molecule has 0 aliphatic heterocycles. The van der Waals surface area contributed by atoms with Crippen LogP contribution in [0.2, 0.25) is 0 Å². The highest BCUT2D eigenvalue weighted by molar-refractivity contribution is 5.83. The molecule has 4 nitrogen and oxygen atoms in total. The lowest BCUT2D eigenvalue weighted by atomic mass is 10.1. The maximum absolute atomic E-state index is 5.90. The van der Waals surface area contributed by atoms with Crippen LogP contribution < -0.4 is 5.73 Å². The van der Waals surface area contributed by atoms with Crippen molar-refractivity contribution in [3.8, 4) is 11.4 Å². The summed E-state index contributed by atoms with van der Waals surface area (Å²) < 4.78 is 0. The van der Waals surface area contributed by atoms with Gasteiger partial charge in [0.2, 0.25) is 0 Å². The molecule has 0 saturated heterocycles. The third kappa shape index (κ3) is 2.70. The number of benzene rings is 1. The van der Waals surface area contributed by atoms with Crippen molar-refractivity contribution in [2.24, 2.45) is 0 Å². The van der Waals surface area contributed by atoms with Gasteiger partial charge in [-0.15, -0.1) is 0 Å². The molecule has 3 rings (SSSR count). The molecule has 0 bridgehead atoms. The van der Waals surface area contributed by atoms with E-state index in [1.165, 1.54) is 0 Å². The van der Waals surface area contributed by atoms with Gasteiger partial charge in [0.25, 0.3) is 0 Å². The average molecular weight is 278 g/mol. The maximum Gasteiger partial charge on any atom is 0.161 e. The SMILES string of the molecule is Cc1ccc2cc(-c3nc(N)cc(C(C)C)n3)ccc2n1. The van der Waals surface area contributed by atoms with Gasteiger partial charge in [0.15, 0.2) is 5.82 Å². The summed E-state index contributed by atoms with van der Waals surface area (Å²) in [5.74, 6) is 1.49. The van der Waals surface area contributed by atoms with Crippen LogP contribution in [0.15, 0.2) is 36.4 Å². The van der Waals surface area contributed by atoms with Gasteiger partial charge >= 0.3 is 0 Å². The number of fused-ring (bicyclic) bond motifs is 1. The summed E-state index contributed by atoms with van der Waals surface area (Å²) in [6, 6.07) is 12.0. The van der Waals surface area contributed by atoms with Crippen LogP contribution in [0.1, 0.15) is 31.2 Å². The molecule has 0 aliphatic rings. The summed E-state index contributed by atoms with van der Waals surface area (Å²) in [6.07, 6.45) is 0. The van der Waals surface area contributed by atoms with E-state index in [0.717, 1.165) is 27.9 Å². The molecule has 2 N–H and O–H groups in total. The molecule has 2 aromatic heterocycles. The summed E-state index contributed by atoms with van der Waals surface area (Å²) in [5.41, 5.74) is 9.81. The zero-order chi connectivity index (χ0) is 15.0. The average Bonchev–Trinajstić information content (AvgIpc) is 2.46. The Morgan fingerprint density at radius 3 is 2.52 bits per heavy atom. The minimum Gasteiger partial charge on any atom is -0.384 e. The van der Waals surface area contributed by atoms with Crippen molar-refractivity contribution < 1.29 is 0 Å². The summed E-state index contributed by atoms with van der Waals surface area (Å²) >= 11 is 0. The number of aromatic nitrogens is 3. The molecule has 0 aliphatic carbocycles. The van der Waals surface area contributed by atoms with Crippen molar-refractivity contribution in [2.45, 2.75) is 26.7 Å². The second-order valence-corrected chi connectivity index (χ2v) is 5.56. The molecule has 3 aromatic rings. The number of aryl methyl sites for hydroxylation is 1. The lowest BCUT2D eigenvalue weighted by Gasteiger charge is -2.09. The van der Waals surface area contributed by atoms with Crippen LogP contribution in [-0.4, -0.2) is 15.0 Å². The summed E-state index contributed by atoms with van der Waals surface area (Å²) in [5, 5.41) is 1.08. The van der Waals surface area contributed by atoms with Gasteiger partial charge in [-0.3, -0.25) is 4.98 Å². The predicted octanol–water partition coefficient (Wildman–Crippen LogP) is 3.71. The zero-order valence-corrected chi connectivity index (χ0v) is 12.5. The van der Waals surface area contributed by atoms with Gasteiger partial charge in [-0.2, -0.15) is 0 Å². The van der Waals surface area contributed by atoms with Crippen LogP contribution in [-0.2, 0) is 0 Å². The number of hydrogen-bond acceptors (Lipinski definition) is 4. The Hall–Kier alpha value is -2.49. The van der Waals surface area contributed by atoms with E-state index in [9.17, 15) is 0 Å². The molecule has 2 heterocycles. The Bertz CT molecular complexity index is 809. The quantitative estimate of drug-likeness (QED) is 0.776. The van der Waals surface area contributed by atoms with Crippen molar-refractivity contribution in [1.82, 2.24) is 15.0 Å². The fourth-order valence-electron chi connectivity index (χ4n) is 2.28. The highest BCUT2D eigenvalue weighted by Crippen LogP contribution is 2.24. The second kappa shape index (κ2) is 5.13. The molecule has 0 spiro atoms. The minimum atomic E-state index is 0.318. The van der Waals surface area contributed by atoms with Gasteiger partial charge in [-0.1, -0.05) is 19.9 Å². The Kier molecular flexibility index (Phi) is 3.29. The zero-order valence-electron chi connectivity index (χ0n) is 12.5. The number of hydrogen-bond donors (Lipinski definition) is 1. The molecule has 0 unspecified atom stereocenters. The smallest absolute Gasteiger partial charge is 0.161 e. The molecule has 0 saturated carbocycles. The first-order valence-electron chi connectivity index (χ1n) is 7.05. The molecule has 1 aromatic carbocycles. The Morgan fingerprint density at radius 2 is 1.76 bits per heavy atom. The standard InChI is InChI=1S/C17H18N4/c1-10(2)15-9-16(18)21-17(20-15)13-6-7-14-12(8-13)5-4-11(3)19-14/h4-10H,1-3H3,(H2,18,20,21). The van der Waals surface area contributed by atoms with Gasteiger partial charge in [-0.05, 0) is 37.1 Å². The van der Waals surface area contributed by atoms with E-state index in [1.54, 1.807) is 0 Å². The molecular weight excluding hydrogens is 260 g/mol. The number of rotatable bonds is 2. The maximum atomic E-state index is 5.90. The highest BCUT2D eigenvalue weighted by Gasteiger charge is 2.09. The van der Waals surface area contributed by atoms with Gasteiger partial charge < -0.3 is 5.73 Å². The first-order chi connectivity index (χ1) is 10.0. The second-order valence-electron chi connectivity index (χ2n) is 5.56. The number of nitrogens with zero attached hydrogens (tertiary/aromatic N) is 3. The third-order valence-corrected chi connectivity index (χ3v) is 3.44. The summed E-state index contributed by atoms with van der Waals surface area (Å²) in [4.78, 5) is 13.5. The fraction of sp³-hybridized carbons (Fsp3) is 0.235. The largest absolute Gasteiger partial charge is 0.384 e. The molecule has 21 heavy (non-hydrogen) atoms. The first-order valence-corrected chi connectivity index (χ1v) is 7.05. The summed E-state index contributed by atoms with van der Waals surface area (Å²) in [6.45, 7) is 6.18. The molecule has 0 amide bonds. The third-order valence-electron chi connectivity index (χ3n) is 3.44. The van der Waals surface area contributed by atoms with Crippen LogP contribution in [0.25, 0.3) is 22.3 Å². The van der Waals surface area contributed by atoms with E-state index >= 15 is 0 Å². The number of pyridine rings is 1. The summed E-state index contributed by atoms with van der Waals surface area (Å²) in [7, 11) is 0. The van der Waals surface area contributed by atoms with Crippen molar-refractivity contribution >= 4 is 16.7 Å². The first kappa shape index (κ1) is 13.5. The molecule has 0 radical (unpaired) electrons. The molecule has 4 heteroatoms. The fourth-order valence-corrected chi connectivity index (χ4v) is 2.28. The monoisotopic (exact) mass is 278 g/mol. The van der Waals surface area contributed by atoms with Gasteiger partial charge in [-0.25, -0.2) is 9.97 Å². The Morgan fingerprint density at radius 1 is 0.952 bits per heavy atom. The molecule has 106 valence electrons. The van der Waals surface area contributed by atoms with E-state index in [1.807, 2.05) is 31.2 Å². The highest BCUT2D eigenvalue weighted by atomic mass is 14.9. The Labute approximate surface area is 124 Å². The molecular formula is C17H18N4. The van der Waals surface area contributed by atoms with E-state index in [2.05, 4.69) is 40.9 Å². The minimum absolute atomic E-state index is 0.318. The van der Waals surface area contributed by atoms with E-state index in [-0.39, 0.29) is 0 Å². The number of anilines is 1. The van der Waals surface area contributed by atoms with Crippen LogP contribution in [0.5, 0.6) is 0 Å². The lowest BCUT2D eigenvalue weighted by Crippen LogP contribution is -2.01. The van der Waals surface area contributed by atoms with Crippen LogP contribution in [0.4, 0.5) is 5.82 Å². The Balaban J connectivity index is 2.14. The van der Waals surface area contributed by atoms with Crippen molar-refractivity contribution in [3.05, 3.63) is 47.8 Å². The van der Waals surface area contributed by atoms with Gasteiger partial charge in [0.1, 0.15) is 5.82 Å². The van der Waals surface area contributed by atoms with Crippen molar-refractivity contribution in [1.29, 1.82) is 0 Å². The van der Waals surface area contributed by atoms with E-state index in [0.29, 0.717) is 17.6 Å².